The molecule has 0 aliphatic carbocycles. The minimum Gasteiger partial charge on any atom is -0.380 e. The third kappa shape index (κ3) is 2.85. The van der Waals surface area contributed by atoms with Crippen LogP contribution in [-0.4, -0.2) is 44.2 Å². The maximum atomic E-state index is 12.6. The van der Waals surface area contributed by atoms with Crippen molar-refractivity contribution in [2.24, 2.45) is 7.05 Å². The van der Waals surface area contributed by atoms with Gasteiger partial charge in [0.1, 0.15) is 11.6 Å². The Morgan fingerprint density at radius 2 is 2.20 bits per heavy atom. The molecule has 2 aromatic heterocycles. The molecule has 3 heterocycles. The van der Waals surface area contributed by atoms with Crippen LogP contribution in [0.5, 0.6) is 0 Å². The third-order valence-corrected chi connectivity index (χ3v) is 4.95. The van der Waals surface area contributed by atoms with Crippen molar-refractivity contribution < 1.29 is 4.74 Å². The van der Waals surface area contributed by atoms with Gasteiger partial charge in [-0.1, -0.05) is 12.1 Å². The van der Waals surface area contributed by atoms with Crippen LogP contribution in [0.1, 0.15) is 24.1 Å². The Balaban J connectivity index is 1.70. The van der Waals surface area contributed by atoms with Crippen LogP contribution in [0.3, 0.4) is 0 Å². The fourth-order valence-corrected chi connectivity index (χ4v) is 3.54. The number of para-hydroxylation sites is 1. The van der Waals surface area contributed by atoms with Gasteiger partial charge >= 0.3 is 0 Å². The van der Waals surface area contributed by atoms with E-state index >= 15 is 0 Å². The Labute approximate surface area is 145 Å². The van der Waals surface area contributed by atoms with Gasteiger partial charge in [0, 0.05) is 33.1 Å². The zero-order valence-corrected chi connectivity index (χ0v) is 14.3. The average Bonchev–Trinajstić information content (AvgIpc) is 3.28. The van der Waals surface area contributed by atoms with Gasteiger partial charge in [-0.3, -0.25) is 14.3 Å². The number of aromatic amines is 1. The van der Waals surface area contributed by atoms with E-state index in [4.69, 9.17) is 9.72 Å². The number of fused-ring (bicyclic) bond motifs is 1. The second-order valence-corrected chi connectivity index (χ2v) is 6.42. The monoisotopic (exact) mass is 339 g/mol. The molecule has 0 amide bonds. The van der Waals surface area contributed by atoms with Gasteiger partial charge in [-0.15, -0.1) is 0 Å². The summed E-state index contributed by atoms with van der Waals surface area (Å²) >= 11 is 0. The van der Waals surface area contributed by atoms with Gasteiger partial charge in [0.25, 0.3) is 5.56 Å². The maximum Gasteiger partial charge on any atom is 0.261 e. The lowest BCUT2D eigenvalue weighted by Gasteiger charge is -2.23. The Bertz CT molecular complexity index is 934. The van der Waals surface area contributed by atoms with Crippen LogP contribution in [0.4, 0.5) is 0 Å². The summed E-state index contributed by atoms with van der Waals surface area (Å²) in [5.74, 6) is 1.67. The van der Waals surface area contributed by atoms with E-state index in [2.05, 4.69) is 14.9 Å². The standard InChI is InChI=1S/C18H21N5O2/c1-22-16(21-14-6-4-3-5-13(14)18(22)24)11-23-10-12(25-2)9-15(23)17-19-7-8-20-17/h3-8,12,15H,9-11H2,1-2H3,(H,19,20)/t12-,15?/m1/s1. The topological polar surface area (TPSA) is 76.0 Å². The molecule has 1 N–H and O–H groups in total. The van der Waals surface area contributed by atoms with E-state index in [1.54, 1.807) is 24.9 Å². The number of benzene rings is 1. The van der Waals surface area contributed by atoms with Crippen molar-refractivity contribution in [3.05, 3.63) is 58.7 Å². The van der Waals surface area contributed by atoms with Gasteiger partial charge < -0.3 is 9.72 Å². The summed E-state index contributed by atoms with van der Waals surface area (Å²) in [6, 6.07) is 7.59. The van der Waals surface area contributed by atoms with Crippen molar-refractivity contribution in [3.8, 4) is 0 Å². The summed E-state index contributed by atoms with van der Waals surface area (Å²) in [4.78, 5) is 27.2. The largest absolute Gasteiger partial charge is 0.380 e. The van der Waals surface area contributed by atoms with Crippen LogP contribution in [0.25, 0.3) is 10.9 Å². The van der Waals surface area contributed by atoms with Crippen LogP contribution >= 0.6 is 0 Å². The third-order valence-electron chi connectivity index (χ3n) is 4.95. The Kier molecular flexibility index (Phi) is 4.10. The highest BCUT2D eigenvalue weighted by molar-refractivity contribution is 5.77. The molecule has 25 heavy (non-hydrogen) atoms. The number of hydrogen-bond donors (Lipinski definition) is 1. The molecule has 7 nitrogen and oxygen atoms in total. The van der Waals surface area contributed by atoms with Gasteiger partial charge in [0.05, 0.1) is 29.6 Å². The lowest BCUT2D eigenvalue weighted by atomic mass is 10.2. The molecule has 1 aliphatic heterocycles. The van der Waals surface area contributed by atoms with E-state index in [9.17, 15) is 4.79 Å². The first-order chi connectivity index (χ1) is 12.2. The quantitative estimate of drug-likeness (QED) is 0.782. The fourth-order valence-electron chi connectivity index (χ4n) is 3.54. The number of aromatic nitrogens is 4. The Morgan fingerprint density at radius 3 is 2.96 bits per heavy atom. The molecule has 0 radical (unpaired) electrons. The molecular formula is C18H21N5O2. The molecule has 3 aromatic rings. The molecule has 7 heteroatoms. The van der Waals surface area contributed by atoms with E-state index in [1.807, 2.05) is 30.5 Å². The summed E-state index contributed by atoms with van der Waals surface area (Å²) in [7, 11) is 3.51. The summed E-state index contributed by atoms with van der Waals surface area (Å²) in [5.41, 5.74) is 0.718. The minimum atomic E-state index is -0.0161. The highest BCUT2D eigenvalue weighted by Gasteiger charge is 2.35. The Morgan fingerprint density at radius 1 is 1.36 bits per heavy atom. The minimum absolute atomic E-state index is 0.0161. The lowest BCUT2D eigenvalue weighted by Crippen LogP contribution is -2.30. The van der Waals surface area contributed by atoms with Crippen LogP contribution in [-0.2, 0) is 18.3 Å². The maximum absolute atomic E-state index is 12.6. The normalized spacial score (nSPS) is 21.2. The number of hydrogen-bond acceptors (Lipinski definition) is 5. The zero-order chi connectivity index (χ0) is 17.4. The van der Waals surface area contributed by atoms with Crippen LogP contribution in [0.2, 0.25) is 0 Å². The van der Waals surface area contributed by atoms with Crippen molar-refractivity contribution in [2.45, 2.75) is 25.1 Å². The molecule has 0 saturated carbocycles. The van der Waals surface area contributed by atoms with Crippen molar-refractivity contribution in [2.75, 3.05) is 13.7 Å². The number of likely N-dealkylation sites (tertiary alicyclic amines) is 1. The molecule has 0 bridgehead atoms. The molecule has 1 fully saturated rings. The van der Waals surface area contributed by atoms with E-state index < -0.39 is 0 Å². The van der Waals surface area contributed by atoms with Gasteiger partial charge in [0.2, 0.25) is 0 Å². The van der Waals surface area contributed by atoms with Crippen molar-refractivity contribution in [1.82, 2.24) is 24.4 Å². The van der Waals surface area contributed by atoms with E-state index in [1.165, 1.54) is 0 Å². The summed E-state index contributed by atoms with van der Waals surface area (Å²) < 4.78 is 7.20. The van der Waals surface area contributed by atoms with E-state index in [0.29, 0.717) is 11.9 Å². The predicted octanol–water partition coefficient (Wildman–Crippen LogP) is 1.62. The molecular weight excluding hydrogens is 318 g/mol. The van der Waals surface area contributed by atoms with Gasteiger partial charge in [-0.25, -0.2) is 9.97 Å². The van der Waals surface area contributed by atoms with E-state index in [0.717, 1.165) is 30.1 Å². The van der Waals surface area contributed by atoms with Crippen LogP contribution in [0, 0.1) is 0 Å². The number of rotatable bonds is 4. The number of methoxy groups -OCH3 is 1. The number of imidazole rings is 1. The van der Waals surface area contributed by atoms with Crippen LogP contribution < -0.4 is 5.56 Å². The molecule has 1 aromatic carbocycles. The van der Waals surface area contributed by atoms with Gasteiger partial charge in [-0.2, -0.15) is 0 Å². The second-order valence-electron chi connectivity index (χ2n) is 6.42. The van der Waals surface area contributed by atoms with Gasteiger partial charge in [-0.05, 0) is 18.6 Å². The first-order valence-electron chi connectivity index (χ1n) is 8.38. The second kappa shape index (κ2) is 6.42. The molecule has 1 saturated heterocycles. The molecule has 1 aliphatic rings. The predicted molar refractivity (Wildman–Crippen MR) is 94.1 cm³/mol. The molecule has 1 unspecified atom stereocenters. The lowest BCUT2D eigenvalue weighted by molar-refractivity contribution is 0.106. The highest BCUT2D eigenvalue weighted by Crippen LogP contribution is 2.32. The smallest absolute Gasteiger partial charge is 0.261 e. The molecule has 0 spiro atoms. The fraction of sp³-hybridized carbons (Fsp3) is 0.389. The Hall–Kier alpha value is -2.51. The van der Waals surface area contributed by atoms with Crippen molar-refractivity contribution in [3.63, 3.8) is 0 Å². The number of ether oxygens (including phenoxy) is 1. The van der Waals surface area contributed by atoms with Gasteiger partial charge in [0.15, 0.2) is 0 Å². The molecule has 2 atom stereocenters. The summed E-state index contributed by atoms with van der Waals surface area (Å²) in [6.07, 6.45) is 4.61. The summed E-state index contributed by atoms with van der Waals surface area (Å²) in [6.45, 7) is 1.35. The number of nitrogens with zero attached hydrogens (tertiary/aromatic N) is 4. The first kappa shape index (κ1) is 16.0. The average molecular weight is 339 g/mol. The zero-order valence-electron chi connectivity index (χ0n) is 14.3. The van der Waals surface area contributed by atoms with Crippen molar-refractivity contribution >= 4 is 10.9 Å². The van der Waals surface area contributed by atoms with Crippen molar-refractivity contribution in [1.29, 1.82) is 0 Å². The number of nitrogens with one attached hydrogen (secondary N) is 1. The first-order valence-corrected chi connectivity index (χ1v) is 8.38. The van der Waals surface area contributed by atoms with E-state index in [-0.39, 0.29) is 17.7 Å². The SMILES string of the molecule is CO[C@@H]1CC(c2ncc[nH]2)N(Cc2nc3ccccc3c(=O)n2C)C1. The number of H-pyrrole nitrogens is 1. The van der Waals surface area contributed by atoms with Crippen LogP contribution in [0.15, 0.2) is 41.5 Å². The molecule has 4 rings (SSSR count). The summed E-state index contributed by atoms with van der Waals surface area (Å²) in [5, 5.41) is 0.646. The molecule has 130 valence electrons. The highest BCUT2D eigenvalue weighted by atomic mass is 16.5.